The Morgan fingerprint density at radius 2 is 1.95 bits per heavy atom. The molecule has 2 rings (SSSR count). The van der Waals surface area contributed by atoms with Crippen LogP contribution in [0.15, 0.2) is 12.3 Å². The molecule has 2 aromatic heterocycles. The topological polar surface area (TPSA) is 56.7 Å². The first kappa shape index (κ1) is 13.6. The first-order chi connectivity index (χ1) is 9.06. The predicted molar refractivity (Wildman–Crippen MR) is 78.2 cm³/mol. The van der Waals surface area contributed by atoms with Crippen molar-refractivity contribution < 1.29 is 0 Å². The molecule has 0 aliphatic carbocycles. The van der Waals surface area contributed by atoms with E-state index in [-0.39, 0.29) is 0 Å². The van der Waals surface area contributed by atoms with Crippen molar-refractivity contribution in [1.29, 1.82) is 0 Å². The Morgan fingerprint density at radius 3 is 2.58 bits per heavy atom. The van der Waals surface area contributed by atoms with Gasteiger partial charge in [0.1, 0.15) is 0 Å². The van der Waals surface area contributed by atoms with Gasteiger partial charge in [-0.1, -0.05) is 13.8 Å². The lowest BCUT2D eigenvalue weighted by molar-refractivity contribution is 0.627. The summed E-state index contributed by atoms with van der Waals surface area (Å²) in [7, 11) is 0. The number of hydrogen-bond donors (Lipinski definition) is 1. The Balaban J connectivity index is 2.36. The lowest BCUT2D eigenvalue weighted by Crippen LogP contribution is -2.10. The van der Waals surface area contributed by atoms with Crippen molar-refractivity contribution in [2.75, 3.05) is 5.73 Å². The van der Waals surface area contributed by atoms with Gasteiger partial charge in [0.2, 0.25) is 0 Å². The monoisotopic (exact) mass is 258 g/mol. The number of hydrogen-bond acceptors (Lipinski definition) is 3. The Kier molecular flexibility index (Phi) is 3.88. The van der Waals surface area contributed by atoms with Gasteiger partial charge in [0, 0.05) is 17.6 Å². The summed E-state index contributed by atoms with van der Waals surface area (Å²) >= 11 is 0. The minimum Gasteiger partial charge on any atom is -0.398 e. The van der Waals surface area contributed by atoms with E-state index in [9.17, 15) is 0 Å². The summed E-state index contributed by atoms with van der Waals surface area (Å²) in [4.78, 5) is 4.50. The Labute approximate surface area is 114 Å². The molecule has 0 spiro atoms. The first-order valence-corrected chi connectivity index (χ1v) is 6.82. The highest BCUT2D eigenvalue weighted by Gasteiger charge is 2.10. The van der Waals surface area contributed by atoms with E-state index < -0.39 is 0 Å². The van der Waals surface area contributed by atoms with Crippen LogP contribution in [0.25, 0.3) is 0 Å². The van der Waals surface area contributed by atoms with Crippen LogP contribution in [0.4, 0.5) is 5.69 Å². The highest BCUT2D eigenvalue weighted by atomic mass is 15.3. The van der Waals surface area contributed by atoms with Crippen LogP contribution in [0, 0.1) is 13.8 Å². The van der Waals surface area contributed by atoms with Gasteiger partial charge in [0.15, 0.2) is 0 Å². The smallest absolute Gasteiger partial charge is 0.0838 e. The van der Waals surface area contributed by atoms with Gasteiger partial charge >= 0.3 is 0 Å². The van der Waals surface area contributed by atoms with Crippen LogP contribution < -0.4 is 5.73 Å². The summed E-state index contributed by atoms with van der Waals surface area (Å²) in [6, 6.07) is 2.17. The maximum Gasteiger partial charge on any atom is 0.0838 e. The van der Waals surface area contributed by atoms with Crippen molar-refractivity contribution in [1.82, 2.24) is 14.8 Å². The summed E-state index contributed by atoms with van der Waals surface area (Å²) in [6.07, 6.45) is 3.78. The number of anilines is 1. The number of aryl methyl sites for hydroxylation is 3. The fourth-order valence-corrected chi connectivity index (χ4v) is 2.20. The largest absolute Gasteiger partial charge is 0.398 e. The molecule has 0 aliphatic rings. The van der Waals surface area contributed by atoms with Gasteiger partial charge in [-0.05, 0) is 43.9 Å². The normalized spacial score (nSPS) is 10.9. The van der Waals surface area contributed by atoms with Crippen molar-refractivity contribution in [2.24, 2.45) is 0 Å². The average molecular weight is 258 g/mol. The molecule has 0 radical (unpaired) electrons. The number of rotatable bonds is 4. The van der Waals surface area contributed by atoms with Crippen LogP contribution >= 0.6 is 0 Å². The SMILES string of the molecule is CCc1cc(CC)n(Cc2ncc(C)c(N)c2C)n1. The zero-order valence-electron chi connectivity index (χ0n) is 12.2. The summed E-state index contributed by atoms with van der Waals surface area (Å²) < 4.78 is 2.04. The molecule has 0 unspecified atom stereocenters. The van der Waals surface area contributed by atoms with Gasteiger partial charge in [-0.2, -0.15) is 5.10 Å². The second-order valence-electron chi connectivity index (χ2n) is 4.92. The molecule has 4 nitrogen and oxygen atoms in total. The van der Waals surface area contributed by atoms with Crippen LogP contribution in [0.3, 0.4) is 0 Å². The standard InChI is InChI=1S/C15H22N4/c1-5-12-7-13(6-2)19(18-12)9-14-11(4)15(16)10(3)8-17-14/h7-8H,5-6,9H2,1-4H3,(H2,16,17). The van der Waals surface area contributed by atoms with Crippen molar-refractivity contribution in [3.8, 4) is 0 Å². The highest BCUT2D eigenvalue weighted by molar-refractivity contribution is 5.53. The fraction of sp³-hybridized carbons (Fsp3) is 0.467. The quantitative estimate of drug-likeness (QED) is 0.917. The highest BCUT2D eigenvalue weighted by Crippen LogP contribution is 2.19. The van der Waals surface area contributed by atoms with E-state index in [4.69, 9.17) is 5.73 Å². The van der Waals surface area contributed by atoms with Crippen molar-refractivity contribution in [3.05, 3.63) is 40.5 Å². The van der Waals surface area contributed by atoms with Crippen molar-refractivity contribution >= 4 is 5.69 Å². The number of aromatic nitrogens is 3. The van der Waals surface area contributed by atoms with E-state index in [1.54, 1.807) is 0 Å². The zero-order chi connectivity index (χ0) is 14.0. The molecular formula is C15H22N4. The van der Waals surface area contributed by atoms with Crippen LogP contribution in [0.5, 0.6) is 0 Å². The molecule has 0 bridgehead atoms. The lowest BCUT2D eigenvalue weighted by atomic mass is 10.1. The Morgan fingerprint density at radius 1 is 1.21 bits per heavy atom. The molecule has 102 valence electrons. The van der Waals surface area contributed by atoms with Crippen molar-refractivity contribution in [2.45, 2.75) is 47.1 Å². The van der Waals surface area contributed by atoms with Crippen LogP contribution in [-0.2, 0) is 19.4 Å². The molecule has 0 atom stereocenters. The lowest BCUT2D eigenvalue weighted by Gasteiger charge is -2.11. The molecular weight excluding hydrogens is 236 g/mol. The van der Waals surface area contributed by atoms with E-state index in [1.807, 2.05) is 24.7 Å². The molecule has 2 heterocycles. The van der Waals surface area contributed by atoms with E-state index >= 15 is 0 Å². The van der Waals surface area contributed by atoms with E-state index in [1.165, 1.54) is 5.69 Å². The third-order valence-corrected chi connectivity index (χ3v) is 3.61. The molecule has 0 amide bonds. The van der Waals surface area contributed by atoms with Gasteiger partial charge in [-0.3, -0.25) is 9.67 Å². The third kappa shape index (κ3) is 2.62. The fourth-order valence-electron chi connectivity index (χ4n) is 2.20. The summed E-state index contributed by atoms with van der Waals surface area (Å²) in [6.45, 7) is 8.98. The maximum absolute atomic E-state index is 6.07. The molecule has 2 N–H and O–H groups in total. The minimum absolute atomic E-state index is 0.694. The zero-order valence-corrected chi connectivity index (χ0v) is 12.2. The van der Waals surface area contributed by atoms with Gasteiger partial charge in [-0.25, -0.2) is 0 Å². The van der Waals surface area contributed by atoms with Gasteiger partial charge < -0.3 is 5.73 Å². The minimum atomic E-state index is 0.694. The van der Waals surface area contributed by atoms with Gasteiger partial charge in [-0.15, -0.1) is 0 Å². The molecule has 0 saturated carbocycles. The molecule has 4 heteroatoms. The number of nitrogens with two attached hydrogens (primary N) is 1. The van der Waals surface area contributed by atoms with E-state index in [0.29, 0.717) is 6.54 Å². The van der Waals surface area contributed by atoms with E-state index in [2.05, 4.69) is 30.0 Å². The van der Waals surface area contributed by atoms with Crippen molar-refractivity contribution in [3.63, 3.8) is 0 Å². The Hall–Kier alpha value is -1.84. The molecule has 0 aromatic carbocycles. The maximum atomic E-state index is 6.07. The second-order valence-corrected chi connectivity index (χ2v) is 4.92. The number of nitrogens with zero attached hydrogens (tertiary/aromatic N) is 3. The summed E-state index contributed by atoms with van der Waals surface area (Å²) in [5.74, 6) is 0. The Bertz CT molecular complexity index is 584. The summed E-state index contributed by atoms with van der Waals surface area (Å²) in [5, 5.41) is 4.62. The molecule has 0 aliphatic heterocycles. The van der Waals surface area contributed by atoms with E-state index in [0.717, 1.165) is 41.0 Å². The first-order valence-electron chi connectivity index (χ1n) is 6.82. The van der Waals surface area contributed by atoms with Gasteiger partial charge in [0.25, 0.3) is 0 Å². The molecule has 2 aromatic rings. The van der Waals surface area contributed by atoms with Gasteiger partial charge in [0.05, 0.1) is 17.9 Å². The molecule has 19 heavy (non-hydrogen) atoms. The average Bonchev–Trinajstić information content (AvgIpc) is 2.82. The predicted octanol–water partition coefficient (Wildman–Crippen LogP) is 2.65. The molecule has 0 saturated heterocycles. The number of pyridine rings is 1. The van der Waals surface area contributed by atoms with Crippen LogP contribution in [0.1, 0.15) is 42.1 Å². The summed E-state index contributed by atoms with van der Waals surface area (Å²) in [5.41, 5.74) is 12.4. The number of nitrogen functional groups attached to an aromatic ring is 1. The molecule has 0 fully saturated rings. The second kappa shape index (κ2) is 5.43. The third-order valence-electron chi connectivity index (χ3n) is 3.61. The van der Waals surface area contributed by atoms with Crippen LogP contribution in [0.2, 0.25) is 0 Å². The van der Waals surface area contributed by atoms with Crippen LogP contribution in [-0.4, -0.2) is 14.8 Å².